The monoisotopic (exact) mass is 554 g/mol. The summed E-state index contributed by atoms with van der Waals surface area (Å²) in [7, 11) is 0. The molecule has 0 bridgehead atoms. The highest BCUT2D eigenvalue weighted by atomic mass is 35.5. The highest BCUT2D eigenvalue weighted by Crippen LogP contribution is 2.40. The maximum atomic E-state index is 10.1. The smallest absolute Gasteiger partial charge is 0.119 e. The summed E-state index contributed by atoms with van der Waals surface area (Å²) < 4.78 is 23.8. The number of rotatable bonds is 13. The maximum Gasteiger partial charge on any atom is 0.119 e. The number of benzene rings is 3. The maximum absolute atomic E-state index is 10.1. The van der Waals surface area contributed by atoms with Gasteiger partial charge < -0.3 is 29.2 Å². The average Bonchev–Trinajstić information content (AvgIpc) is 2.96. The first kappa shape index (κ1) is 29.5. The first-order valence-corrected chi connectivity index (χ1v) is 13.9. The van der Waals surface area contributed by atoms with Crippen molar-refractivity contribution in [2.45, 2.75) is 63.6 Å². The zero-order chi connectivity index (χ0) is 27.7. The largest absolute Gasteiger partial charge is 0.491 e. The normalized spacial score (nSPS) is 18.8. The lowest BCUT2D eigenvalue weighted by molar-refractivity contribution is -0.207. The van der Waals surface area contributed by atoms with Gasteiger partial charge in [0.1, 0.15) is 18.0 Å². The SMILES string of the molecule is CC(C)OCCOc1ccc(Cc2cc(C3CC(OCc4ccccc4)CC(CO)(CO)O3)ccc2Cl)cc1. The van der Waals surface area contributed by atoms with Crippen LogP contribution >= 0.6 is 11.6 Å². The lowest BCUT2D eigenvalue weighted by atomic mass is 9.87. The average molecular weight is 555 g/mol. The third kappa shape index (κ3) is 8.52. The van der Waals surface area contributed by atoms with Gasteiger partial charge in [-0.1, -0.05) is 66.2 Å². The molecule has 1 aliphatic rings. The molecule has 2 atom stereocenters. The molecule has 0 aliphatic carbocycles. The van der Waals surface area contributed by atoms with Gasteiger partial charge in [0.2, 0.25) is 0 Å². The molecule has 1 fully saturated rings. The van der Waals surface area contributed by atoms with E-state index in [1.165, 1.54) is 0 Å². The third-order valence-corrected chi connectivity index (χ3v) is 7.31. The van der Waals surface area contributed by atoms with Crippen LogP contribution in [0.3, 0.4) is 0 Å². The van der Waals surface area contributed by atoms with Crippen LogP contribution in [0.5, 0.6) is 5.75 Å². The van der Waals surface area contributed by atoms with Crippen molar-refractivity contribution < 1.29 is 29.2 Å². The van der Waals surface area contributed by atoms with E-state index in [4.69, 9.17) is 30.5 Å². The predicted octanol–water partition coefficient (Wildman–Crippen LogP) is 5.89. The second-order valence-corrected chi connectivity index (χ2v) is 10.8. The lowest BCUT2D eigenvalue weighted by Gasteiger charge is -2.43. The Morgan fingerprint density at radius 3 is 2.38 bits per heavy atom. The fraction of sp³-hybridized carbons (Fsp3) is 0.438. The molecule has 39 heavy (non-hydrogen) atoms. The van der Waals surface area contributed by atoms with Crippen LogP contribution in [-0.2, 0) is 27.2 Å². The molecular weight excluding hydrogens is 516 g/mol. The minimum atomic E-state index is -1.07. The molecule has 1 aliphatic heterocycles. The zero-order valence-electron chi connectivity index (χ0n) is 22.7. The summed E-state index contributed by atoms with van der Waals surface area (Å²) in [5, 5.41) is 21.0. The second-order valence-electron chi connectivity index (χ2n) is 10.4. The van der Waals surface area contributed by atoms with Crippen molar-refractivity contribution >= 4 is 11.6 Å². The molecule has 3 aromatic rings. The molecule has 1 heterocycles. The quantitative estimate of drug-likeness (QED) is 0.256. The van der Waals surface area contributed by atoms with Gasteiger partial charge in [-0.05, 0) is 60.7 Å². The van der Waals surface area contributed by atoms with Crippen molar-refractivity contribution in [2.24, 2.45) is 0 Å². The van der Waals surface area contributed by atoms with Gasteiger partial charge in [-0.25, -0.2) is 0 Å². The first-order valence-electron chi connectivity index (χ1n) is 13.6. The second kappa shape index (κ2) is 14.3. The number of hydrogen-bond acceptors (Lipinski definition) is 6. The molecule has 0 radical (unpaired) electrons. The Morgan fingerprint density at radius 2 is 1.69 bits per heavy atom. The molecule has 0 saturated carbocycles. The molecule has 2 unspecified atom stereocenters. The number of hydrogen-bond donors (Lipinski definition) is 2. The summed E-state index contributed by atoms with van der Waals surface area (Å²) in [5.41, 5.74) is 3.03. The summed E-state index contributed by atoms with van der Waals surface area (Å²) in [5.74, 6) is 0.799. The van der Waals surface area contributed by atoms with Crippen molar-refractivity contribution in [1.29, 1.82) is 0 Å². The van der Waals surface area contributed by atoms with E-state index in [1.807, 2.05) is 80.6 Å². The molecule has 4 rings (SSSR count). The van der Waals surface area contributed by atoms with Crippen molar-refractivity contribution in [1.82, 2.24) is 0 Å². The van der Waals surface area contributed by atoms with Gasteiger partial charge in [-0.15, -0.1) is 0 Å². The summed E-state index contributed by atoms with van der Waals surface area (Å²) in [6.45, 7) is 4.95. The lowest BCUT2D eigenvalue weighted by Crippen LogP contribution is -2.49. The Kier molecular flexibility index (Phi) is 10.8. The molecule has 0 aromatic heterocycles. The Bertz CT molecular complexity index is 1150. The van der Waals surface area contributed by atoms with Crippen LogP contribution in [0.2, 0.25) is 5.02 Å². The Labute approximate surface area is 236 Å². The molecule has 0 spiro atoms. The molecule has 0 amide bonds. The minimum Gasteiger partial charge on any atom is -0.491 e. The van der Waals surface area contributed by atoms with Crippen LogP contribution in [-0.4, -0.2) is 54.4 Å². The van der Waals surface area contributed by atoms with E-state index in [0.29, 0.717) is 44.1 Å². The van der Waals surface area contributed by atoms with Crippen LogP contribution in [0.15, 0.2) is 72.8 Å². The van der Waals surface area contributed by atoms with E-state index in [1.54, 1.807) is 0 Å². The van der Waals surface area contributed by atoms with E-state index in [-0.39, 0.29) is 31.5 Å². The Balaban J connectivity index is 1.44. The summed E-state index contributed by atoms with van der Waals surface area (Å²) in [6.07, 6.45) is 1.34. The van der Waals surface area contributed by atoms with Gasteiger partial charge in [0.05, 0.1) is 44.7 Å². The number of aliphatic hydroxyl groups excluding tert-OH is 2. The molecular formula is C32H39ClO6. The highest BCUT2D eigenvalue weighted by molar-refractivity contribution is 6.31. The minimum absolute atomic E-state index is 0.180. The molecule has 210 valence electrons. The summed E-state index contributed by atoms with van der Waals surface area (Å²) in [4.78, 5) is 0. The van der Waals surface area contributed by atoms with Gasteiger partial charge >= 0.3 is 0 Å². The summed E-state index contributed by atoms with van der Waals surface area (Å²) in [6, 6.07) is 23.9. The Hall–Kier alpha value is -2.45. The van der Waals surface area contributed by atoms with E-state index in [2.05, 4.69) is 6.07 Å². The van der Waals surface area contributed by atoms with Crippen LogP contribution in [0.25, 0.3) is 0 Å². The zero-order valence-corrected chi connectivity index (χ0v) is 23.5. The van der Waals surface area contributed by atoms with E-state index in [9.17, 15) is 10.2 Å². The van der Waals surface area contributed by atoms with Gasteiger partial charge in [0.25, 0.3) is 0 Å². The van der Waals surface area contributed by atoms with Crippen molar-refractivity contribution in [3.63, 3.8) is 0 Å². The van der Waals surface area contributed by atoms with E-state index < -0.39 is 5.60 Å². The summed E-state index contributed by atoms with van der Waals surface area (Å²) >= 11 is 6.60. The van der Waals surface area contributed by atoms with Crippen LogP contribution < -0.4 is 4.74 Å². The first-order chi connectivity index (χ1) is 18.9. The van der Waals surface area contributed by atoms with Gasteiger partial charge in [-0.3, -0.25) is 0 Å². The molecule has 6 nitrogen and oxygen atoms in total. The standard InChI is InChI=1S/C32H39ClO6/c1-23(2)36-14-15-37-28-11-8-24(9-12-28)16-27-17-26(10-13-30(27)33)31-18-29(19-32(21-34,22-35)39-31)38-20-25-6-4-3-5-7-25/h3-13,17,23,29,31,34-35H,14-16,18-22H2,1-2H3. The van der Waals surface area contributed by atoms with Crippen molar-refractivity contribution in [3.8, 4) is 5.75 Å². The van der Waals surface area contributed by atoms with Gasteiger partial charge in [-0.2, -0.15) is 0 Å². The van der Waals surface area contributed by atoms with Crippen LogP contribution in [0, 0.1) is 0 Å². The third-order valence-electron chi connectivity index (χ3n) is 6.94. The van der Waals surface area contributed by atoms with Crippen LogP contribution in [0.4, 0.5) is 0 Å². The number of ether oxygens (including phenoxy) is 4. The van der Waals surface area contributed by atoms with Gasteiger partial charge in [0.15, 0.2) is 0 Å². The predicted molar refractivity (Wildman–Crippen MR) is 152 cm³/mol. The highest BCUT2D eigenvalue weighted by Gasteiger charge is 2.42. The van der Waals surface area contributed by atoms with E-state index in [0.717, 1.165) is 28.0 Å². The Morgan fingerprint density at radius 1 is 0.949 bits per heavy atom. The topological polar surface area (TPSA) is 77.4 Å². The van der Waals surface area contributed by atoms with Gasteiger partial charge in [0, 0.05) is 17.9 Å². The molecule has 7 heteroatoms. The molecule has 2 N–H and O–H groups in total. The fourth-order valence-corrected chi connectivity index (χ4v) is 4.99. The number of halogens is 1. The van der Waals surface area contributed by atoms with Crippen molar-refractivity contribution in [2.75, 3.05) is 26.4 Å². The number of aliphatic hydroxyl groups is 2. The van der Waals surface area contributed by atoms with E-state index >= 15 is 0 Å². The van der Waals surface area contributed by atoms with Crippen molar-refractivity contribution in [3.05, 3.63) is 100 Å². The molecule has 1 saturated heterocycles. The van der Waals surface area contributed by atoms with Crippen LogP contribution in [0.1, 0.15) is 55.0 Å². The molecule has 3 aromatic carbocycles. The fourth-order valence-electron chi connectivity index (χ4n) is 4.81.